The van der Waals surface area contributed by atoms with E-state index >= 15 is 0 Å². The highest BCUT2D eigenvalue weighted by atomic mass is 79.9. The summed E-state index contributed by atoms with van der Waals surface area (Å²) < 4.78 is 1.07. The van der Waals surface area contributed by atoms with Crippen LogP contribution in [0.5, 0.6) is 0 Å². The van der Waals surface area contributed by atoms with Crippen molar-refractivity contribution >= 4 is 27.7 Å². The molecule has 1 aromatic heterocycles. The van der Waals surface area contributed by atoms with Gasteiger partial charge in [0, 0.05) is 28.3 Å². The van der Waals surface area contributed by atoms with E-state index < -0.39 is 0 Å². The number of benzene rings is 1. The van der Waals surface area contributed by atoms with Crippen LogP contribution < -0.4 is 5.32 Å². The van der Waals surface area contributed by atoms with E-state index in [2.05, 4.69) is 43.3 Å². The molecule has 0 fully saturated rings. The third kappa shape index (κ3) is 3.52. The highest BCUT2D eigenvalue weighted by Crippen LogP contribution is 2.30. The summed E-state index contributed by atoms with van der Waals surface area (Å²) in [6, 6.07) is 6.26. The Labute approximate surface area is 113 Å². The number of aromatic nitrogens is 2. The first-order chi connectivity index (χ1) is 8.29. The number of nitrogens with one attached hydrogen (secondary N) is 1. The maximum Gasteiger partial charge on any atom is 0.119 e. The molecular weight excluding hydrogens is 298 g/mol. The van der Waals surface area contributed by atoms with Gasteiger partial charge in [-0.15, -0.1) is 0 Å². The van der Waals surface area contributed by atoms with E-state index in [0.29, 0.717) is 0 Å². The lowest BCUT2D eigenvalue weighted by Gasteiger charge is -2.08. The molecule has 0 atom stereocenters. The van der Waals surface area contributed by atoms with E-state index in [0.717, 1.165) is 16.0 Å². The van der Waals surface area contributed by atoms with Gasteiger partial charge in [-0.3, -0.25) is 4.98 Å². The first kappa shape index (κ1) is 12.5. The Kier molecular flexibility index (Phi) is 4.53. The summed E-state index contributed by atoms with van der Waals surface area (Å²) >= 11 is 5.12. The van der Waals surface area contributed by atoms with Gasteiger partial charge in [-0.25, -0.2) is 4.98 Å². The van der Waals surface area contributed by atoms with Crippen LogP contribution in [0.2, 0.25) is 0 Å². The summed E-state index contributed by atoms with van der Waals surface area (Å²) in [5, 5.41) is 4.07. The van der Waals surface area contributed by atoms with Crippen molar-refractivity contribution in [1.29, 1.82) is 0 Å². The number of hydrogen-bond acceptors (Lipinski definition) is 4. The third-order valence-electron chi connectivity index (χ3n) is 2.15. The van der Waals surface area contributed by atoms with Crippen LogP contribution in [-0.4, -0.2) is 17.0 Å². The van der Waals surface area contributed by atoms with Crippen LogP contribution in [0, 0.1) is 0 Å². The Hall–Kier alpha value is -0.910. The highest BCUT2D eigenvalue weighted by Gasteiger charge is 2.05. The molecule has 5 heteroatoms. The molecule has 0 aliphatic carbocycles. The predicted octanol–water partition coefficient (Wildman–Crippen LogP) is 3.11. The smallest absolute Gasteiger partial charge is 0.119 e. The molecule has 0 amide bonds. The normalized spacial score (nSPS) is 10.5. The summed E-state index contributed by atoms with van der Waals surface area (Å²) in [7, 11) is 1.94. The van der Waals surface area contributed by atoms with Crippen molar-refractivity contribution in [3.05, 3.63) is 46.8 Å². The fraction of sp³-hybridized carbons (Fsp3) is 0.167. The van der Waals surface area contributed by atoms with Gasteiger partial charge >= 0.3 is 0 Å². The average molecular weight is 310 g/mol. The van der Waals surface area contributed by atoms with Gasteiger partial charge in [0.05, 0.1) is 6.20 Å². The summed E-state index contributed by atoms with van der Waals surface area (Å²) in [6.07, 6.45) is 5.16. The van der Waals surface area contributed by atoms with Gasteiger partial charge < -0.3 is 5.32 Å². The molecule has 0 bridgehead atoms. The molecule has 2 rings (SSSR count). The van der Waals surface area contributed by atoms with Gasteiger partial charge in [-0.1, -0.05) is 33.8 Å². The maximum atomic E-state index is 4.27. The Bertz CT molecular complexity index is 490. The molecule has 17 heavy (non-hydrogen) atoms. The van der Waals surface area contributed by atoms with E-state index in [4.69, 9.17) is 0 Å². The molecule has 1 N–H and O–H groups in total. The van der Waals surface area contributed by atoms with Gasteiger partial charge in [0.1, 0.15) is 5.03 Å². The Morgan fingerprint density at radius 2 is 2.24 bits per heavy atom. The van der Waals surface area contributed by atoms with Crippen molar-refractivity contribution in [2.45, 2.75) is 16.5 Å². The summed E-state index contributed by atoms with van der Waals surface area (Å²) in [5.74, 6) is 0. The largest absolute Gasteiger partial charge is 0.316 e. The van der Waals surface area contributed by atoms with Crippen molar-refractivity contribution in [3.8, 4) is 0 Å². The molecule has 0 aliphatic rings. The Balaban J connectivity index is 2.27. The molecule has 0 unspecified atom stereocenters. The molecule has 88 valence electrons. The molecule has 0 spiro atoms. The quantitative estimate of drug-likeness (QED) is 0.941. The second-order valence-electron chi connectivity index (χ2n) is 3.43. The van der Waals surface area contributed by atoms with Crippen LogP contribution in [0.25, 0.3) is 0 Å². The minimum atomic E-state index is 0.843. The monoisotopic (exact) mass is 309 g/mol. The van der Waals surface area contributed by atoms with Crippen molar-refractivity contribution in [2.75, 3.05) is 7.05 Å². The Morgan fingerprint density at radius 3 is 2.94 bits per heavy atom. The first-order valence-electron chi connectivity index (χ1n) is 5.16. The zero-order chi connectivity index (χ0) is 12.1. The number of nitrogens with zero attached hydrogens (tertiary/aromatic N) is 2. The van der Waals surface area contributed by atoms with Crippen molar-refractivity contribution in [2.24, 2.45) is 0 Å². The molecular formula is C12H12BrN3S. The van der Waals surface area contributed by atoms with Crippen LogP contribution in [0.15, 0.2) is 51.2 Å². The van der Waals surface area contributed by atoms with Crippen LogP contribution >= 0.6 is 27.7 Å². The lowest BCUT2D eigenvalue weighted by Crippen LogP contribution is -2.06. The number of halogens is 1. The topological polar surface area (TPSA) is 37.8 Å². The molecule has 1 aromatic carbocycles. The summed E-state index contributed by atoms with van der Waals surface area (Å²) in [4.78, 5) is 9.53. The number of rotatable bonds is 4. The molecule has 0 aliphatic heterocycles. The molecule has 2 aromatic rings. The molecule has 1 heterocycles. The lowest BCUT2D eigenvalue weighted by atomic mass is 10.2. The van der Waals surface area contributed by atoms with E-state index in [9.17, 15) is 0 Å². The molecule has 3 nitrogen and oxygen atoms in total. The van der Waals surface area contributed by atoms with E-state index in [1.165, 1.54) is 10.5 Å². The van der Waals surface area contributed by atoms with Crippen LogP contribution in [0.3, 0.4) is 0 Å². The van der Waals surface area contributed by atoms with Crippen LogP contribution in [0.1, 0.15) is 5.56 Å². The van der Waals surface area contributed by atoms with Crippen LogP contribution in [-0.2, 0) is 6.54 Å². The minimum absolute atomic E-state index is 0.843. The van der Waals surface area contributed by atoms with Gasteiger partial charge in [0.2, 0.25) is 0 Å². The number of hydrogen-bond donors (Lipinski definition) is 1. The van der Waals surface area contributed by atoms with Gasteiger partial charge in [0.25, 0.3) is 0 Å². The highest BCUT2D eigenvalue weighted by molar-refractivity contribution is 9.10. The standard InChI is InChI=1S/C12H12BrN3S/c1-14-7-9-2-3-10(13)6-11(9)17-12-8-15-4-5-16-12/h2-6,8,14H,7H2,1H3. The van der Waals surface area contributed by atoms with E-state index in [-0.39, 0.29) is 0 Å². The predicted molar refractivity (Wildman–Crippen MR) is 73.1 cm³/mol. The SMILES string of the molecule is CNCc1ccc(Br)cc1Sc1cnccn1. The Morgan fingerprint density at radius 1 is 1.35 bits per heavy atom. The first-order valence-corrected chi connectivity index (χ1v) is 6.77. The minimum Gasteiger partial charge on any atom is -0.316 e. The fourth-order valence-electron chi connectivity index (χ4n) is 1.41. The van der Waals surface area contributed by atoms with E-state index in [1.54, 1.807) is 30.4 Å². The van der Waals surface area contributed by atoms with Gasteiger partial charge in [-0.05, 0) is 24.7 Å². The van der Waals surface area contributed by atoms with Gasteiger partial charge in [-0.2, -0.15) is 0 Å². The lowest BCUT2D eigenvalue weighted by molar-refractivity contribution is 0.802. The van der Waals surface area contributed by atoms with E-state index in [1.807, 2.05) is 13.1 Å². The zero-order valence-corrected chi connectivity index (χ0v) is 11.8. The average Bonchev–Trinajstić information content (AvgIpc) is 2.34. The fourth-order valence-corrected chi connectivity index (χ4v) is 2.83. The summed E-state index contributed by atoms with van der Waals surface area (Å²) in [5.41, 5.74) is 1.26. The molecule has 0 saturated heterocycles. The third-order valence-corrected chi connectivity index (χ3v) is 3.66. The van der Waals surface area contributed by atoms with Crippen LogP contribution in [0.4, 0.5) is 0 Å². The maximum absolute atomic E-state index is 4.27. The van der Waals surface area contributed by atoms with Crippen molar-refractivity contribution < 1.29 is 0 Å². The van der Waals surface area contributed by atoms with Gasteiger partial charge in [0.15, 0.2) is 0 Å². The molecule has 0 saturated carbocycles. The van der Waals surface area contributed by atoms with Crippen molar-refractivity contribution in [3.63, 3.8) is 0 Å². The molecule has 0 radical (unpaired) electrons. The van der Waals surface area contributed by atoms with Crippen molar-refractivity contribution in [1.82, 2.24) is 15.3 Å². The second kappa shape index (κ2) is 6.14. The second-order valence-corrected chi connectivity index (χ2v) is 5.41. The zero-order valence-electron chi connectivity index (χ0n) is 9.35. The summed E-state index contributed by atoms with van der Waals surface area (Å²) in [6.45, 7) is 0.843.